The van der Waals surface area contributed by atoms with Crippen molar-refractivity contribution in [2.75, 3.05) is 66.6 Å². The Morgan fingerprint density at radius 3 is 2.18 bits per heavy atom. The first-order chi connectivity index (χ1) is 10.3. The highest BCUT2D eigenvalue weighted by molar-refractivity contribution is 6.04. The minimum absolute atomic E-state index is 0.233. The lowest BCUT2D eigenvalue weighted by atomic mass is 9.91. The Labute approximate surface area is 133 Å². The molecule has 128 valence electrons. The number of ether oxygens (including phenoxy) is 1. The molecule has 1 heterocycles. The van der Waals surface area contributed by atoms with Crippen molar-refractivity contribution >= 4 is 11.8 Å². The molecular weight excluding hydrogens is 284 g/mol. The summed E-state index contributed by atoms with van der Waals surface area (Å²) in [4.78, 5) is 28.6. The molecule has 1 rings (SSSR count). The van der Waals surface area contributed by atoms with Crippen LogP contribution in [0, 0.1) is 5.41 Å². The van der Waals surface area contributed by atoms with Gasteiger partial charge in [0.15, 0.2) is 0 Å². The molecule has 0 aromatic heterocycles. The van der Waals surface area contributed by atoms with Gasteiger partial charge in [0.25, 0.3) is 0 Å². The van der Waals surface area contributed by atoms with Crippen molar-refractivity contribution < 1.29 is 14.3 Å². The molecule has 1 aliphatic rings. The van der Waals surface area contributed by atoms with Crippen molar-refractivity contribution in [3.8, 4) is 0 Å². The first kappa shape index (κ1) is 18.9. The van der Waals surface area contributed by atoms with Gasteiger partial charge in [-0.15, -0.1) is 0 Å². The van der Waals surface area contributed by atoms with Crippen molar-refractivity contribution in [1.29, 1.82) is 0 Å². The maximum Gasteiger partial charge on any atom is 0.235 e. The van der Waals surface area contributed by atoms with Gasteiger partial charge in [-0.1, -0.05) is 0 Å². The van der Waals surface area contributed by atoms with Crippen LogP contribution in [-0.4, -0.2) is 88.2 Å². The van der Waals surface area contributed by atoms with Crippen molar-refractivity contribution in [1.82, 2.24) is 20.4 Å². The molecule has 2 amide bonds. The van der Waals surface area contributed by atoms with Crippen LogP contribution in [0.4, 0.5) is 0 Å². The maximum atomic E-state index is 12.2. The molecule has 22 heavy (non-hydrogen) atoms. The first-order valence-electron chi connectivity index (χ1n) is 7.85. The molecular formula is C15H30N4O3. The van der Waals surface area contributed by atoms with E-state index in [2.05, 4.69) is 15.5 Å². The lowest BCUT2D eigenvalue weighted by Gasteiger charge is -2.28. The van der Waals surface area contributed by atoms with Crippen LogP contribution in [0.1, 0.15) is 13.8 Å². The van der Waals surface area contributed by atoms with Gasteiger partial charge in [0, 0.05) is 39.3 Å². The van der Waals surface area contributed by atoms with Crippen molar-refractivity contribution in [2.45, 2.75) is 13.8 Å². The summed E-state index contributed by atoms with van der Waals surface area (Å²) >= 11 is 0. The molecule has 0 bridgehead atoms. The van der Waals surface area contributed by atoms with Crippen molar-refractivity contribution in [2.24, 2.45) is 5.41 Å². The summed E-state index contributed by atoms with van der Waals surface area (Å²) in [5.74, 6) is -0.471. The van der Waals surface area contributed by atoms with Crippen LogP contribution in [0.15, 0.2) is 0 Å². The second-order valence-electron chi connectivity index (χ2n) is 6.39. The third kappa shape index (κ3) is 6.29. The third-order valence-electron chi connectivity index (χ3n) is 3.80. The van der Waals surface area contributed by atoms with Gasteiger partial charge in [-0.05, 0) is 27.9 Å². The topological polar surface area (TPSA) is 73.9 Å². The van der Waals surface area contributed by atoms with E-state index in [1.165, 1.54) is 0 Å². The second-order valence-corrected chi connectivity index (χ2v) is 6.39. The smallest absolute Gasteiger partial charge is 0.235 e. The molecule has 0 aromatic carbocycles. The van der Waals surface area contributed by atoms with E-state index >= 15 is 0 Å². The molecule has 0 unspecified atom stereocenters. The van der Waals surface area contributed by atoms with Gasteiger partial charge in [-0.25, -0.2) is 0 Å². The number of carbonyl (C=O) groups is 2. The Hall–Kier alpha value is -1.18. The number of hydrogen-bond acceptors (Lipinski definition) is 5. The lowest BCUT2D eigenvalue weighted by Crippen LogP contribution is -2.50. The summed E-state index contributed by atoms with van der Waals surface area (Å²) in [6, 6.07) is 0. The minimum atomic E-state index is -1.06. The van der Waals surface area contributed by atoms with Gasteiger partial charge in [-0.3, -0.25) is 14.5 Å². The van der Waals surface area contributed by atoms with Gasteiger partial charge in [-0.2, -0.15) is 0 Å². The zero-order valence-corrected chi connectivity index (χ0v) is 14.3. The highest BCUT2D eigenvalue weighted by Crippen LogP contribution is 2.15. The van der Waals surface area contributed by atoms with E-state index in [1.54, 1.807) is 13.8 Å². The Balaban J connectivity index is 2.29. The quantitative estimate of drug-likeness (QED) is 0.570. The molecule has 1 fully saturated rings. The largest absolute Gasteiger partial charge is 0.379 e. The summed E-state index contributed by atoms with van der Waals surface area (Å²) in [6.45, 7) is 9.21. The molecule has 1 aliphatic heterocycles. The average molecular weight is 314 g/mol. The number of carbonyl (C=O) groups excluding carboxylic acids is 2. The van der Waals surface area contributed by atoms with E-state index in [0.717, 1.165) is 39.4 Å². The number of amides is 2. The lowest BCUT2D eigenvalue weighted by molar-refractivity contribution is -0.141. The fourth-order valence-corrected chi connectivity index (χ4v) is 2.09. The number of nitrogens with one attached hydrogen (secondary N) is 2. The zero-order chi connectivity index (χ0) is 16.6. The Morgan fingerprint density at radius 1 is 1.09 bits per heavy atom. The van der Waals surface area contributed by atoms with Crippen LogP contribution < -0.4 is 10.6 Å². The highest BCUT2D eigenvalue weighted by Gasteiger charge is 2.35. The fraction of sp³-hybridized carbons (Fsp3) is 0.867. The number of morpholine rings is 1. The normalized spacial score (nSPS) is 16.6. The minimum Gasteiger partial charge on any atom is -0.379 e. The van der Waals surface area contributed by atoms with Gasteiger partial charge in [0.2, 0.25) is 11.8 Å². The van der Waals surface area contributed by atoms with Crippen molar-refractivity contribution in [3.63, 3.8) is 0 Å². The molecule has 7 nitrogen and oxygen atoms in total. The number of likely N-dealkylation sites (N-methyl/N-ethyl adjacent to an activating group) is 1. The van der Waals surface area contributed by atoms with Crippen LogP contribution in [0.5, 0.6) is 0 Å². The predicted octanol–water partition coefficient (Wildman–Crippen LogP) is -0.861. The molecule has 0 atom stereocenters. The van der Waals surface area contributed by atoms with E-state index in [-0.39, 0.29) is 11.8 Å². The van der Waals surface area contributed by atoms with Crippen LogP contribution in [0.3, 0.4) is 0 Å². The second kappa shape index (κ2) is 9.07. The van der Waals surface area contributed by atoms with E-state index in [9.17, 15) is 9.59 Å². The highest BCUT2D eigenvalue weighted by atomic mass is 16.5. The molecule has 0 aliphatic carbocycles. The SMILES string of the molecule is CN(C)CCNC(=O)C(C)(C)C(=O)NCCN1CCOCC1. The predicted molar refractivity (Wildman–Crippen MR) is 85.6 cm³/mol. The number of rotatable bonds is 8. The summed E-state index contributed by atoms with van der Waals surface area (Å²) in [5, 5.41) is 5.66. The molecule has 0 spiro atoms. The van der Waals surface area contributed by atoms with Gasteiger partial charge in [0.1, 0.15) is 5.41 Å². The summed E-state index contributed by atoms with van der Waals surface area (Å²) < 4.78 is 5.28. The zero-order valence-electron chi connectivity index (χ0n) is 14.3. The number of nitrogens with zero attached hydrogens (tertiary/aromatic N) is 2. The van der Waals surface area contributed by atoms with Crippen molar-refractivity contribution in [3.05, 3.63) is 0 Å². The number of hydrogen-bond donors (Lipinski definition) is 2. The molecule has 0 aromatic rings. The van der Waals surface area contributed by atoms with Gasteiger partial charge in [0.05, 0.1) is 13.2 Å². The summed E-state index contributed by atoms with van der Waals surface area (Å²) in [5.41, 5.74) is -1.06. The van der Waals surface area contributed by atoms with E-state index < -0.39 is 5.41 Å². The van der Waals surface area contributed by atoms with Crippen LogP contribution in [-0.2, 0) is 14.3 Å². The van der Waals surface area contributed by atoms with E-state index in [0.29, 0.717) is 13.1 Å². The monoisotopic (exact) mass is 314 g/mol. The Bertz CT molecular complexity index is 366. The molecule has 0 radical (unpaired) electrons. The van der Waals surface area contributed by atoms with Gasteiger partial charge >= 0.3 is 0 Å². The molecule has 2 N–H and O–H groups in total. The van der Waals surface area contributed by atoms with Crippen LogP contribution in [0.25, 0.3) is 0 Å². The molecule has 7 heteroatoms. The van der Waals surface area contributed by atoms with Crippen LogP contribution >= 0.6 is 0 Å². The van der Waals surface area contributed by atoms with E-state index in [4.69, 9.17) is 4.74 Å². The van der Waals surface area contributed by atoms with E-state index in [1.807, 2.05) is 19.0 Å². The third-order valence-corrected chi connectivity index (χ3v) is 3.80. The average Bonchev–Trinajstić information content (AvgIpc) is 2.47. The molecule has 1 saturated heterocycles. The summed E-state index contributed by atoms with van der Waals surface area (Å²) in [6.07, 6.45) is 0. The Morgan fingerprint density at radius 2 is 1.64 bits per heavy atom. The molecule has 0 saturated carbocycles. The maximum absolute atomic E-state index is 12.2. The first-order valence-corrected chi connectivity index (χ1v) is 7.85. The van der Waals surface area contributed by atoms with Crippen LogP contribution in [0.2, 0.25) is 0 Å². The summed E-state index contributed by atoms with van der Waals surface area (Å²) in [7, 11) is 3.88. The fourth-order valence-electron chi connectivity index (χ4n) is 2.09. The Kier molecular flexibility index (Phi) is 7.78. The van der Waals surface area contributed by atoms with Gasteiger partial charge < -0.3 is 20.3 Å². The standard InChI is InChI=1S/C15H30N4O3/c1-15(2,13(20)16-5-7-18(3)4)14(21)17-6-8-19-9-11-22-12-10-19/h5-12H2,1-4H3,(H,16,20)(H,17,21).